The number of Topliss-reactive ketones (excluding diaryl/α,β-unsaturated/α-hetero) is 1. The first-order valence-corrected chi connectivity index (χ1v) is 8.37. The lowest BCUT2D eigenvalue weighted by molar-refractivity contribution is -0.163. The molecule has 1 aliphatic carbocycles. The third-order valence-corrected chi connectivity index (χ3v) is 4.87. The number of methoxy groups -OCH3 is 3. The van der Waals surface area contributed by atoms with Crippen LogP contribution >= 0.6 is 0 Å². The molecule has 0 bridgehead atoms. The molecule has 0 N–H and O–H groups in total. The Balaban J connectivity index is 2.30. The van der Waals surface area contributed by atoms with E-state index in [4.69, 9.17) is 14.2 Å². The maximum absolute atomic E-state index is 13.0. The summed E-state index contributed by atoms with van der Waals surface area (Å²) < 4.78 is 14.7. The van der Waals surface area contributed by atoms with Crippen LogP contribution in [0.5, 0.6) is 5.75 Å². The maximum atomic E-state index is 13.0. The predicted molar refractivity (Wildman–Crippen MR) is 90.3 cm³/mol. The molecule has 0 spiro atoms. The Morgan fingerprint density at radius 2 is 1.48 bits per heavy atom. The third kappa shape index (κ3) is 4.18. The van der Waals surface area contributed by atoms with Gasteiger partial charge in [-0.25, -0.2) is 0 Å². The van der Waals surface area contributed by atoms with Crippen molar-refractivity contribution in [1.82, 2.24) is 0 Å². The third-order valence-electron chi connectivity index (χ3n) is 4.87. The molecule has 1 aromatic rings. The Morgan fingerprint density at radius 3 is 2.00 bits per heavy atom. The van der Waals surface area contributed by atoms with Gasteiger partial charge in [0.05, 0.1) is 21.3 Å². The van der Waals surface area contributed by atoms with E-state index in [1.54, 1.807) is 31.4 Å². The van der Waals surface area contributed by atoms with Gasteiger partial charge in [0.1, 0.15) is 5.75 Å². The van der Waals surface area contributed by atoms with Crippen molar-refractivity contribution in [2.24, 2.45) is 17.8 Å². The van der Waals surface area contributed by atoms with E-state index in [0.717, 1.165) is 12.8 Å². The molecule has 6 nitrogen and oxygen atoms in total. The zero-order chi connectivity index (χ0) is 18.4. The van der Waals surface area contributed by atoms with Gasteiger partial charge in [-0.2, -0.15) is 0 Å². The lowest BCUT2D eigenvalue weighted by Crippen LogP contribution is -2.41. The van der Waals surface area contributed by atoms with E-state index in [1.807, 2.05) is 0 Å². The molecule has 2 atom stereocenters. The van der Waals surface area contributed by atoms with Gasteiger partial charge in [0, 0.05) is 11.5 Å². The molecule has 0 saturated heterocycles. The fraction of sp³-hybridized carbons (Fsp3) is 0.526. The molecule has 25 heavy (non-hydrogen) atoms. The molecule has 6 heteroatoms. The first-order chi connectivity index (χ1) is 12.0. The van der Waals surface area contributed by atoms with Crippen molar-refractivity contribution in [2.45, 2.75) is 25.7 Å². The molecule has 2 rings (SSSR count). The number of ether oxygens (including phenoxy) is 3. The second-order valence-electron chi connectivity index (χ2n) is 6.17. The molecule has 1 fully saturated rings. The van der Waals surface area contributed by atoms with Gasteiger partial charge < -0.3 is 14.2 Å². The van der Waals surface area contributed by atoms with E-state index in [1.165, 1.54) is 14.2 Å². The summed E-state index contributed by atoms with van der Waals surface area (Å²) >= 11 is 0. The van der Waals surface area contributed by atoms with Gasteiger partial charge in [-0.15, -0.1) is 0 Å². The standard InChI is InChI=1S/C19H24O6/c1-23-13-10-8-12(9-11-13)17(20)15-7-5-4-6-14(15)16(18(21)24-2)19(22)25-3/h8-11,14-16H,4-7H2,1-3H3/t14-,15-/m0/s1. The summed E-state index contributed by atoms with van der Waals surface area (Å²) in [5, 5.41) is 0. The summed E-state index contributed by atoms with van der Waals surface area (Å²) in [6.45, 7) is 0. The monoisotopic (exact) mass is 348 g/mol. The Morgan fingerprint density at radius 1 is 0.920 bits per heavy atom. The number of benzene rings is 1. The fourth-order valence-electron chi connectivity index (χ4n) is 3.55. The zero-order valence-electron chi connectivity index (χ0n) is 14.8. The van der Waals surface area contributed by atoms with E-state index in [-0.39, 0.29) is 5.78 Å². The smallest absolute Gasteiger partial charge is 0.320 e. The Bertz CT molecular complexity index is 605. The van der Waals surface area contributed by atoms with Crippen LogP contribution in [0.1, 0.15) is 36.0 Å². The van der Waals surface area contributed by atoms with E-state index >= 15 is 0 Å². The van der Waals surface area contributed by atoms with E-state index < -0.39 is 29.7 Å². The molecular weight excluding hydrogens is 324 g/mol. The van der Waals surface area contributed by atoms with Crippen LogP contribution in [0.15, 0.2) is 24.3 Å². The van der Waals surface area contributed by atoms with Crippen LogP contribution in [0.2, 0.25) is 0 Å². The van der Waals surface area contributed by atoms with Gasteiger partial charge in [-0.3, -0.25) is 14.4 Å². The molecule has 136 valence electrons. The van der Waals surface area contributed by atoms with Gasteiger partial charge in [0.15, 0.2) is 11.7 Å². The quantitative estimate of drug-likeness (QED) is 0.447. The Labute approximate surface area is 147 Å². The van der Waals surface area contributed by atoms with Gasteiger partial charge in [0.2, 0.25) is 0 Å². The van der Waals surface area contributed by atoms with Crippen LogP contribution in [0.25, 0.3) is 0 Å². The lowest BCUT2D eigenvalue weighted by atomic mass is 9.69. The van der Waals surface area contributed by atoms with Crippen molar-refractivity contribution in [3.05, 3.63) is 29.8 Å². The molecule has 1 aromatic carbocycles. The molecular formula is C19H24O6. The maximum Gasteiger partial charge on any atom is 0.320 e. The highest BCUT2D eigenvalue weighted by molar-refractivity contribution is 6.00. The second kappa shape index (κ2) is 8.65. The predicted octanol–water partition coefficient (Wildman–Crippen LogP) is 2.65. The number of rotatable bonds is 6. The summed E-state index contributed by atoms with van der Waals surface area (Å²) in [5.41, 5.74) is 0.547. The number of carbonyl (C=O) groups excluding carboxylic acids is 3. The van der Waals surface area contributed by atoms with Crippen LogP contribution in [0.4, 0.5) is 0 Å². The normalized spacial score (nSPS) is 20.0. The summed E-state index contributed by atoms with van der Waals surface area (Å²) in [6.07, 6.45) is 3.00. The van der Waals surface area contributed by atoms with E-state index in [2.05, 4.69) is 0 Å². The highest BCUT2D eigenvalue weighted by Crippen LogP contribution is 2.38. The van der Waals surface area contributed by atoms with E-state index in [9.17, 15) is 14.4 Å². The Hall–Kier alpha value is -2.37. The summed E-state index contributed by atoms with van der Waals surface area (Å²) in [4.78, 5) is 37.3. The van der Waals surface area contributed by atoms with Gasteiger partial charge in [-0.1, -0.05) is 12.8 Å². The number of carbonyl (C=O) groups is 3. The number of esters is 2. The first kappa shape index (κ1) is 19.0. The van der Waals surface area contributed by atoms with E-state index in [0.29, 0.717) is 24.2 Å². The topological polar surface area (TPSA) is 78.9 Å². The summed E-state index contributed by atoms with van der Waals surface area (Å²) in [6, 6.07) is 6.86. The minimum Gasteiger partial charge on any atom is -0.497 e. The lowest BCUT2D eigenvalue weighted by Gasteiger charge is -2.33. The molecule has 0 amide bonds. The average molecular weight is 348 g/mol. The minimum absolute atomic E-state index is 0.0647. The van der Waals surface area contributed by atoms with Crippen molar-refractivity contribution in [3.8, 4) is 5.75 Å². The van der Waals surface area contributed by atoms with Crippen molar-refractivity contribution >= 4 is 17.7 Å². The number of hydrogen-bond acceptors (Lipinski definition) is 6. The van der Waals surface area contributed by atoms with Crippen LogP contribution in [-0.4, -0.2) is 39.1 Å². The SMILES string of the molecule is COC(=O)C(C(=O)OC)[C@H]1CCCC[C@@H]1C(=O)c1ccc(OC)cc1. The van der Waals surface area contributed by atoms with Crippen LogP contribution in [0, 0.1) is 17.8 Å². The van der Waals surface area contributed by atoms with Crippen LogP contribution in [0.3, 0.4) is 0 Å². The second-order valence-corrected chi connectivity index (χ2v) is 6.17. The van der Waals surface area contributed by atoms with Crippen molar-refractivity contribution in [1.29, 1.82) is 0 Å². The van der Waals surface area contributed by atoms with Crippen LogP contribution < -0.4 is 4.74 Å². The van der Waals surface area contributed by atoms with Gasteiger partial charge >= 0.3 is 11.9 Å². The highest BCUT2D eigenvalue weighted by atomic mass is 16.5. The summed E-state index contributed by atoms with van der Waals surface area (Å²) in [7, 11) is 4.04. The number of ketones is 1. The number of hydrogen-bond donors (Lipinski definition) is 0. The summed E-state index contributed by atoms with van der Waals surface area (Å²) in [5.74, 6) is -2.59. The Kier molecular flexibility index (Phi) is 6.56. The zero-order valence-corrected chi connectivity index (χ0v) is 14.8. The molecule has 1 aliphatic rings. The fourth-order valence-corrected chi connectivity index (χ4v) is 3.55. The minimum atomic E-state index is -1.07. The molecule has 1 saturated carbocycles. The van der Waals surface area contributed by atoms with Crippen molar-refractivity contribution < 1.29 is 28.6 Å². The largest absolute Gasteiger partial charge is 0.497 e. The molecule has 0 radical (unpaired) electrons. The molecule has 0 unspecified atom stereocenters. The average Bonchev–Trinajstić information content (AvgIpc) is 2.67. The molecule has 0 heterocycles. The van der Waals surface area contributed by atoms with Gasteiger partial charge in [-0.05, 0) is 43.0 Å². The van der Waals surface area contributed by atoms with Gasteiger partial charge in [0.25, 0.3) is 0 Å². The first-order valence-electron chi connectivity index (χ1n) is 8.37. The van der Waals surface area contributed by atoms with Crippen molar-refractivity contribution in [3.63, 3.8) is 0 Å². The van der Waals surface area contributed by atoms with Crippen LogP contribution in [-0.2, 0) is 19.1 Å². The molecule has 0 aromatic heterocycles. The molecule has 0 aliphatic heterocycles. The van der Waals surface area contributed by atoms with Crippen molar-refractivity contribution in [2.75, 3.05) is 21.3 Å². The highest BCUT2D eigenvalue weighted by Gasteiger charge is 2.44.